The zero-order valence-corrected chi connectivity index (χ0v) is 11.5. The molecule has 3 rings (SSSR count). The molecule has 0 fully saturated rings. The molecular formula is C15H16N2OS. The van der Waals surface area contributed by atoms with Crippen molar-refractivity contribution in [2.24, 2.45) is 0 Å². The highest BCUT2D eigenvalue weighted by Crippen LogP contribution is 2.16. The molecule has 0 radical (unpaired) electrons. The Bertz CT molecular complexity index is 622. The normalized spacial score (nSPS) is 14.1. The van der Waals surface area contributed by atoms with E-state index in [1.807, 2.05) is 6.07 Å². The van der Waals surface area contributed by atoms with Crippen LogP contribution in [0.4, 0.5) is 0 Å². The molecule has 0 atom stereocenters. The van der Waals surface area contributed by atoms with Gasteiger partial charge < -0.3 is 9.72 Å². The van der Waals surface area contributed by atoms with Crippen molar-refractivity contribution in [3.05, 3.63) is 57.6 Å². The number of hydrogen-bond acceptors (Lipinski definition) is 3. The van der Waals surface area contributed by atoms with Crippen LogP contribution in [0.1, 0.15) is 22.6 Å². The van der Waals surface area contributed by atoms with E-state index in [-0.39, 0.29) is 0 Å². The Balaban J connectivity index is 1.78. The second-order valence-electron chi connectivity index (χ2n) is 4.73. The number of H-pyrrole nitrogens is 1. The Kier molecular flexibility index (Phi) is 3.71. The molecule has 4 heteroatoms. The molecule has 0 spiro atoms. The van der Waals surface area contributed by atoms with Crippen LogP contribution in [0, 0.1) is 4.64 Å². The lowest BCUT2D eigenvalue weighted by molar-refractivity contribution is 0.108. The average molecular weight is 272 g/mol. The first kappa shape index (κ1) is 12.5. The maximum atomic E-state index is 5.42. The van der Waals surface area contributed by atoms with E-state index in [1.165, 1.54) is 11.3 Å². The lowest BCUT2D eigenvalue weighted by Gasteiger charge is -2.17. The molecule has 2 aromatic rings. The third-order valence-electron chi connectivity index (χ3n) is 3.39. The van der Waals surface area contributed by atoms with Crippen LogP contribution in [0.2, 0.25) is 0 Å². The summed E-state index contributed by atoms with van der Waals surface area (Å²) in [5.41, 5.74) is 3.59. The Morgan fingerprint density at radius 3 is 2.89 bits per heavy atom. The van der Waals surface area contributed by atoms with Crippen LogP contribution in [0.3, 0.4) is 0 Å². The summed E-state index contributed by atoms with van der Waals surface area (Å²) in [6.45, 7) is 1.36. The number of aryl methyl sites for hydroxylation is 2. The third-order valence-corrected chi connectivity index (χ3v) is 3.73. The Hall–Kier alpha value is -1.52. The predicted octanol–water partition coefficient (Wildman–Crippen LogP) is 3.00. The van der Waals surface area contributed by atoms with Crippen molar-refractivity contribution in [1.82, 2.24) is 9.97 Å². The van der Waals surface area contributed by atoms with Crippen molar-refractivity contribution in [3.63, 3.8) is 0 Å². The molecule has 98 valence electrons. The first-order valence-electron chi connectivity index (χ1n) is 6.55. The minimum atomic E-state index is 0.594. The Labute approximate surface area is 117 Å². The number of rotatable bonds is 3. The van der Waals surface area contributed by atoms with Crippen LogP contribution in [-0.2, 0) is 30.6 Å². The maximum Gasteiger partial charge on any atom is 0.135 e. The van der Waals surface area contributed by atoms with E-state index in [1.54, 1.807) is 0 Å². The van der Waals surface area contributed by atoms with Gasteiger partial charge in [-0.05, 0) is 12.0 Å². The van der Waals surface area contributed by atoms with Gasteiger partial charge in [0.1, 0.15) is 10.5 Å². The van der Waals surface area contributed by atoms with Crippen LogP contribution in [0.25, 0.3) is 0 Å². The molecule has 19 heavy (non-hydrogen) atoms. The van der Waals surface area contributed by atoms with Crippen molar-refractivity contribution in [2.45, 2.75) is 25.9 Å². The summed E-state index contributed by atoms with van der Waals surface area (Å²) in [6.07, 6.45) is 2.77. The van der Waals surface area contributed by atoms with Crippen LogP contribution in [-0.4, -0.2) is 16.6 Å². The fourth-order valence-corrected chi connectivity index (χ4v) is 2.63. The lowest BCUT2D eigenvalue weighted by atomic mass is 10.1. The molecule has 0 aliphatic carbocycles. The van der Waals surface area contributed by atoms with E-state index < -0.39 is 0 Å². The van der Waals surface area contributed by atoms with Crippen molar-refractivity contribution >= 4 is 12.2 Å². The third kappa shape index (κ3) is 2.91. The molecule has 1 aliphatic rings. The summed E-state index contributed by atoms with van der Waals surface area (Å²) in [6, 6.07) is 10.4. The smallest absolute Gasteiger partial charge is 0.135 e. The highest BCUT2D eigenvalue weighted by molar-refractivity contribution is 7.71. The van der Waals surface area contributed by atoms with Gasteiger partial charge in [-0.25, -0.2) is 4.98 Å². The van der Waals surface area contributed by atoms with Crippen molar-refractivity contribution in [3.8, 4) is 0 Å². The number of benzene rings is 1. The Morgan fingerprint density at radius 2 is 2.05 bits per heavy atom. The van der Waals surface area contributed by atoms with Gasteiger partial charge in [0.15, 0.2) is 0 Å². The zero-order valence-electron chi connectivity index (χ0n) is 10.7. The topological polar surface area (TPSA) is 37.9 Å². The first-order chi connectivity index (χ1) is 9.33. The van der Waals surface area contributed by atoms with E-state index in [2.05, 4.69) is 34.2 Å². The fraction of sp³-hybridized carbons (Fsp3) is 0.333. The number of aromatic nitrogens is 2. The van der Waals surface area contributed by atoms with E-state index in [9.17, 15) is 0 Å². The van der Waals surface area contributed by atoms with E-state index >= 15 is 0 Å². The van der Waals surface area contributed by atoms with Gasteiger partial charge >= 0.3 is 0 Å². The second-order valence-corrected chi connectivity index (χ2v) is 5.12. The molecule has 3 nitrogen and oxygen atoms in total. The first-order valence-corrected chi connectivity index (χ1v) is 6.96. The molecule has 0 bridgehead atoms. The number of hydrogen-bond donors (Lipinski definition) is 1. The second kappa shape index (κ2) is 5.63. The molecule has 0 unspecified atom stereocenters. The highest BCUT2D eigenvalue weighted by atomic mass is 32.1. The van der Waals surface area contributed by atoms with Gasteiger partial charge in [0, 0.05) is 24.1 Å². The SMILES string of the molecule is S=c1nc(CCc2ccccc2)[nH]c2c1COCC2. The number of nitrogens with one attached hydrogen (secondary N) is 1. The lowest BCUT2D eigenvalue weighted by Crippen LogP contribution is -2.15. The maximum absolute atomic E-state index is 5.42. The van der Waals surface area contributed by atoms with Gasteiger partial charge in [-0.15, -0.1) is 0 Å². The molecule has 1 N–H and O–H groups in total. The summed E-state index contributed by atoms with van der Waals surface area (Å²) in [4.78, 5) is 7.90. The summed E-state index contributed by atoms with van der Waals surface area (Å²) in [7, 11) is 0. The number of ether oxygens (including phenoxy) is 1. The summed E-state index contributed by atoms with van der Waals surface area (Å²) in [5.74, 6) is 0.981. The molecule has 1 aliphatic heterocycles. The molecule has 0 saturated carbocycles. The van der Waals surface area contributed by atoms with Crippen LogP contribution in [0.15, 0.2) is 30.3 Å². The standard InChI is InChI=1S/C15H16N2OS/c19-15-12-10-18-9-8-13(12)16-14(17-15)7-6-11-4-2-1-3-5-11/h1-5H,6-10H2,(H,16,17,19). The van der Waals surface area contributed by atoms with Gasteiger partial charge in [0.05, 0.1) is 13.2 Å². The molecule has 1 aromatic carbocycles. The molecule has 2 heterocycles. The van der Waals surface area contributed by atoms with Crippen LogP contribution in [0.5, 0.6) is 0 Å². The molecule has 0 saturated heterocycles. The predicted molar refractivity (Wildman–Crippen MR) is 76.6 cm³/mol. The summed E-state index contributed by atoms with van der Waals surface area (Å²) in [5, 5.41) is 0. The monoisotopic (exact) mass is 272 g/mol. The molecule has 1 aromatic heterocycles. The van der Waals surface area contributed by atoms with Crippen molar-refractivity contribution in [1.29, 1.82) is 0 Å². The van der Waals surface area contributed by atoms with Crippen LogP contribution < -0.4 is 0 Å². The number of nitrogens with zero attached hydrogens (tertiary/aromatic N) is 1. The highest BCUT2D eigenvalue weighted by Gasteiger charge is 2.13. The van der Waals surface area contributed by atoms with Gasteiger partial charge in [-0.3, -0.25) is 0 Å². The van der Waals surface area contributed by atoms with E-state index in [4.69, 9.17) is 17.0 Å². The quantitative estimate of drug-likeness (QED) is 0.873. The van der Waals surface area contributed by atoms with Gasteiger partial charge in [-0.2, -0.15) is 0 Å². The minimum absolute atomic E-state index is 0.594. The zero-order chi connectivity index (χ0) is 13.1. The van der Waals surface area contributed by atoms with E-state index in [0.29, 0.717) is 11.2 Å². The average Bonchev–Trinajstić information content (AvgIpc) is 2.46. The van der Waals surface area contributed by atoms with Crippen molar-refractivity contribution in [2.75, 3.05) is 6.61 Å². The van der Waals surface area contributed by atoms with Gasteiger partial charge in [0.25, 0.3) is 0 Å². The van der Waals surface area contributed by atoms with E-state index in [0.717, 1.165) is 37.3 Å². The summed E-state index contributed by atoms with van der Waals surface area (Å²) >= 11 is 5.35. The largest absolute Gasteiger partial charge is 0.376 e. The number of aromatic amines is 1. The number of fused-ring (bicyclic) bond motifs is 1. The Morgan fingerprint density at radius 1 is 1.21 bits per heavy atom. The van der Waals surface area contributed by atoms with Crippen LogP contribution >= 0.6 is 12.2 Å². The molecule has 0 amide bonds. The molecular weight excluding hydrogens is 256 g/mol. The van der Waals surface area contributed by atoms with Gasteiger partial charge in [-0.1, -0.05) is 42.5 Å². The fourth-order valence-electron chi connectivity index (χ4n) is 2.33. The summed E-state index contributed by atoms with van der Waals surface area (Å²) < 4.78 is 6.11. The van der Waals surface area contributed by atoms with Crippen molar-refractivity contribution < 1.29 is 4.74 Å². The van der Waals surface area contributed by atoms with Gasteiger partial charge in [0.2, 0.25) is 0 Å². The minimum Gasteiger partial charge on any atom is -0.376 e.